The average molecular weight is 337 g/mol. The van der Waals surface area contributed by atoms with Crippen LogP contribution in [0.2, 0.25) is 0 Å². The normalized spacial score (nSPS) is 10.6. The van der Waals surface area contributed by atoms with Gasteiger partial charge in [0.25, 0.3) is 5.91 Å². The summed E-state index contributed by atoms with van der Waals surface area (Å²) < 4.78 is 0. The number of nitrogens with two attached hydrogens (primary N) is 1. The van der Waals surface area contributed by atoms with Crippen LogP contribution >= 0.6 is 0 Å². The van der Waals surface area contributed by atoms with Gasteiger partial charge >= 0.3 is 5.97 Å². The maximum atomic E-state index is 12.8. The minimum Gasteiger partial charge on any atom is -0.505 e. The van der Waals surface area contributed by atoms with Crippen molar-refractivity contribution in [2.45, 2.75) is 0 Å². The molecule has 0 atom stereocenters. The quantitative estimate of drug-likeness (QED) is 0.629. The van der Waals surface area contributed by atoms with Crippen LogP contribution in [-0.4, -0.2) is 33.6 Å². The number of carbonyl (C=O) groups excluding carboxylic acids is 1. The molecule has 3 rings (SSSR count). The van der Waals surface area contributed by atoms with Gasteiger partial charge in [-0.15, -0.1) is 0 Å². The van der Waals surface area contributed by atoms with E-state index in [9.17, 15) is 14.7 Å². The van der Waals surface area contributed by atoms with Gasteiger partial charge in [-0.1, -0.05) is 24.3 Å². The zero-order chi connectivity index (χ0) is 18.0. The van der Waals surface area contributed by atoms with E-state index in [0.717, 1.165) is 4.90 Å². The summed E-state index contributed by atoms with van der Waals surface area (Å²) in [6, 6.07) is 13.2. The number of aromatic nitrogens is 1. The van der Waals surface area contributed by atoms with E-state index < -0.39 is 18.4 Å². The number of benzene rings is 2. The van der Waals surface area contributed by atoms with Crippen LogP contribution in [0.15, 0.2) is 54.7 Å². The van der Waals surface area contributed by atoms with Gasteiger partial charge in [0.15, 0.2) is 11.4 Å². The first-order valence-electron chi connectivity index (χ1n) is 7.43. The maximum absolute atomic E-state index is 12.8. The molecule has 0 aliphatic rings. The van der Waals surface area contributed by atoms with Gasteiger partial charge in [0.05, 0.1) is 0 Å². The molecule has 126 valence electrons. The Morgan fingerprint density at radius 1 is 1.12 bits per heavy atom. The van der Waals surface area contributed by atoms with E-state index in [1.165, 1.54) is 12.3 Å². The van der Waals surface area contributed by atoms with Gasteiger partial charge in [0.1, 0.15) is 6.54 Å². The summed E-state index contributed by atoms with van der Waals surface area (Å²) in [7, 11) is 0. The van der Waals surface area contributed by atoms with E-state index in [0.29, 0.717) is 22.1 Å². The van der Waals surface area contributed by atoms with E-state index in [4.69, 9.17) is 10.8 Å². The van der Waals surface area contributed by atoms with E-state index in [1.54, 1.807) is 42.5 Å². The molecule has 1 aromatic heterocycles. The van der Waals surface area contributed by atoms with E-state index >= 15 is 0 Å². The van der Waals surface area contributed by atoms with Crippen molar-refractivity contribution in [3.63, 3.8) is 0 Å². The summed E-state index contributed by atoms with van der Waals surface area (Å²) >= 11 is 0. The molecular formula is C18H15N3O4. The molecule has 2 aromatic carbocycles. The molecule has 1 heterocycles. The van der Waals surface area contributed by atoms with Crippen LogP contribution in [0, 0.1) is 0 Å². The highest BCUT2D eigenvalue weighted by molar-refractivity contribution is 6.11. The number of para-hydroxylation sites is 1. The number of carboxylic acids is 1. The Kier molecular flexibility index (Phi) is 4.21. The van der Waals surface area contributed by atoms with Gasteiger partial charge < -0.3 is 15.9 Å². The standard InChI is InChI=1S/C18H15N3O4/c19-12-7-6-11-9-20-16(17(24)14(11)8-12)18(25)21(10-15(22)23)13-4-2-1-3-5-13/h1-9,24H,10,19H2,(H,22,23). The predicted octanol–water partition coefficient (Wildman–Crippen LogP) is 2.25. The number of rotatable bonds is 4. The van der Waals surface area contributed by atoms with Crippen LogP contribution in [0.25, 0.3) is 10.8 Å². The molecule has 0 aliphatic heterocycles. The molecule has 3 aromatic rings. The summed E-state index contributed by atoms with van der Waals surface area (Å²) in [5.74, 6) is -2.22. The van der Waals surface area contributed by atoms with Crippen molar-refractivity contribution in [2.75, 3.05) is 17.2 Å². The number of hydrogen-bond donors (Lipinski definition) is 3. The second-order valence-electron chi connectivity index (χ2n) is 5.42. The summed E-state index contributed by atoms with van der Waals surface area (Å²) in [5, 5.41) is 20.6. The number of carbonyl (C=O) groups is 2. The first kappa shape index (κ1) is 16.3. The van der Waals surface area contributed by atoms with Crippen LogP contribution in [0.3, 0.4) is 0 Å². The number of aromatic hydroxyl groups is 1. The zero-order valence-corrected chi connectivity index (χ0v) is 13.1. The number of carboxylic acid groups (broad SMARTS) is 1. The van der Waals surface area contributed by atoms with Gasteiger partial charge in [-0.05, 0) is 24.3 Å². The molecule has 0 radical (unpaired) electrons. The summed E-state index contributed by atoms with van der Waals surface area (Å²) in [4.78, 5) is 29.1. The van der Waals surface area contributed by atoms with Crippen LogP contribution in [0.5, 0.6) is 5.75 Å². The molecule has 0 spiro atoms. The highest BCUT2D eigenvalue weighted by Gasteiger charge is 2.25. The Balaban J connectivity index is 2.09. The highest BCUT2D eigenvalue weighted by Crippen LogP contribution is 2.30. The van der Waals surface area contributed by atoms with Crippen molar-refractivity contribution in [1.82, 2.24) is 4.98 Å². The third kappa shape index (κ3) is 3.20. The van der Waals surface area contributed by atoms with Crippen molar-refractivity contribution in [2.24, 2.45) is 0 Å². The summed E-state index contributed by atoms with van der Waals surface area (Å²) in [5.41, 5.74) is 6.32. The lowest BCUT2D eigenvalue weighted by atomic mass is 10.1. The minimum absolute atomic E-state index is 0.233. The molecule has 1 amide bonds. The molecule has 25 heavy (non-hydrogen) atoms. The zero-order valence-electron chi connectivity index (χ0n) is 13.1. The van der Waals surface area contributed by atoms with Crippen LogP contribution < -0.4 is 10.6 Å². The second kappa shape index (κ2) is 6.48. The van der Waals surface area contributed by atoms with Crippen molar-refractivity contribution in [3.05, 3.63) is 60.4 Å². The fraction of sp³-hybridized carbons (Fsp3) is 0.0556. The number of nitrogen functional groups attached to an aromatic ring is 1. The maximum Gasteiger partial charge on any atom is 0.323 e. The van der Waals surface area contributed by atoms with E-state index in [1.807, 2.05) is 0 Å². The monoisotopic (exact) mass is 337 g/mol. The molecule has 0 saturated carbocycles. The number of fused-ring (bicyclic) bond motifs is 1. The Morgan fingerprint density at radius 2 is 1.84 bits per heavy atom. The highest BCUT2D eigenvalue weighted by atomic mass is 16.4. The Labute approximate surface area is 142 Å². The van der Waals surface area contributed by atoms with Crippen LogP contribution in [-0.2, 0) is 4.79 Å². The predicted molar refractivity (Wildman–Crippen MR) is 93.6 cm³/mol. The third-order valence-corrected chi connectivity index (χ3v) is 3.70. The summed E-state index contributed by atoms with van der Waals surface area (Å²) in [6.07, 6.45) is 1.44. The minimum atomic E-state index is -1.18. The first-order valence-corrected chi connectivity index (χ1v) is 7.43. The molecule has 7 nitrogen and oxygen atoms in total. The van der Waals surface area contributed by atoms with Gasteiger partial charge in [-0.3, -0.25) is 14.5 Å². The molecule has 0 aliphatic carbocycles. The smallest absolute Gasteiger partial charge is 0.323 e. The van der Waals surface area contributed by atoms with Crippen molar-refractivity contribution in [1.29, 1.82) is 0 Å². The van der Waals surface area contributed by atoms with Gasteiger partial charge in [0, 0.05) is 28.3 Å². The van der Waals surface area contributed by atoms with Crippen LogP contribution in [0.1, 0.15) is 10.5 Å². The Morgan fingerprint density at radius 3 is 2.52 bits per heavy atom. The lowest BCUT2D eigenvalue weighted by Crippen LogP contribution is -2.36. The van der Waals surface area contributed by atoms with Crippen LogP contribution in [0.4, 0.5) is 11.4 Å². The molecule has 4 N–H and O–H groups in total. The molecule has 0 fully saturated rings. The fourth-order valence-corrected chi connectivity index (χ4v) is 2.52. The number of anilines is 2. The van der Waals surface area contributed by atoms with Crippen molar-refractivity contribution < 1.29 is 19.8 Å². The number of pyridine rings is 1. The van der Waals surface area contributed by atoms with Gasteiger partial charge in [0.2, 0.25) is 0 Å². The van der Waals surface area contributed by atoms with Gasteiger partial charge in [-0.25, -0.2) is 4.98 Å². The molecule has 0 unspecified atom stereocenters. The van der Waals surface area contributed by atoms with Crippen molar-refractivity contribution >= 4 is 34.0 Å². The molecule has 0 saturated heterocycles. The van der Waals surface area contributed by atoms with Crippen molar-refractivity contribution in [3.8, 4) is 5.75 Å². The molecule has 0 bridgehead atoms. The number of amides is 1. The lowest BCUT2D eigenvalue weighted by molar-refractivity contribution is -0.135. The lowest BCUT2D eigenvalue weighted by Gasteiger charge is -2.21. The number of hydrogen-bond acceptors (Lipinski definition) is 5. The number of aliphatic carboxylic acids is 1. The topological polar surface area (TPSA) is 117 Å². The first-order chi connectivity index (χ1) is 12.0. The molecule has 7 heteroatoms. The van der Waals surface area contributed by atoms with E-state index in [2.05, 4.69) is 4.98 Å². The average Bonchev–Trinajstić information content (AvgIpc) is 2.60. The number of nitrogens with zero attached hydrogens (tertiary/aromatic N) is 2. The Bertz CT molecular complexity index is 957. The second-order valence-corrected chi connectivity index (χ2v) is 5.42. The third-order valence-electron chi connectivity index (χ3n) is 3.70. The molecular weight excluding hydrogens is 322 g/mol. The fourth-order valence-electron chi connectivity index (χ4n) is 2.52. The van der Waals surface area contributed by atoms with E-state index in [-0.39, 0.29) is 11.4 Å². The largest absolute Gasteiger partial charge is 0.505 e. The summed E-state index contributed by atoms with van der Waals surface area (Å²) in [6.45, 7) is -0.557. The Hall–Kier alpha value is -3.61. The van der Waals surface area contributed by atoms with Gasteiger partial charge in [-0.2, -0.15) is 0 Å². The SMILES string of the molecule is Nc1ccc2cnc(C(=O)N(CC(=O)O)c3ccccc3)c(O)c2c1.